The van der Waals surface area contributed by atoms with E-state index in [0.717, 1.165) is 17.9 Å². The lowest BCUT2D eigenvalue weighted by Crippen LogP contribution is -2.35. The molecule has 2 aromatic rings. The number of methoxy groups -OCH3 is 2. The third kappa shape index (κ3) is 7.39. The topological polar surface area (TPSA) is 137 Å². The Morgan fingerprint density at radius 3 is 2.26 bits per heavy atom. The number of ether oxygens (including phenoxy) is 3. The van der Waals surface area contributed by atoms with Crippen molar-refractivity contribution in [2.24, 2.45) is 4.99 Å². The number of nitrogens with one attached hydrogen (secondary N) is 3. The Labute approximate surface area is 204 Å². The van der Waals surface area contributed by atoms with Crippen LogP contribution in [0.1, 0.15) is 31.9 Å². The molecule has 2 aromatic carbocycles. The number of aliphatic imine (C=N–C) groups is 1. The molecule has 0 spiro atoms. The molecule has 3 N–H and O–H groups in total. The third-order valence-electron chi connectivity index (χ3n) is 4.83. The highest BCUT2D eigenvalue weighted by molar-refractivity contribution is 6.25. The molecule has 35 heavy (non-hydrogen) atoms. The molecule has 0 aromatic heterocycles. The van der Waals surface area contributed by atoms with Crippen LogP contribution in [0.15, 0.2) is 47.5 Å². The second kappa shape index (κ2) is 12.9. The van der Waals surface area contributed by atoms with Crippen LogP contribution in [0, 0.1) is 10.8 Å². The molecule has 0 aliphatic carbocycles. The van der Waals surface area contributed by atoms with Crippen LogP contribution in [0.4, 0.5) is 5.69 Å². The van der Waals surface area contributed by atoms with E-state index < -0.39 is 5.97 Å². The number of amides is 1. The van der Waals surface area contributed by atoms with E-state index in [0.29, 0.717) is 22.7 Å². The number of fused-ring (bicyclic) bond motifs is 1. The lowest BCUT2D eigenvalue weighted by atomic mass is 9.99. The number of anilines is 1. The van der Waals surface area contributed by atoms with Gasteiger partial charge < -0.3 is 19.5 Å². The Bertz CT molecular complexity index is 1110. The quantitative estimate of drug-likeness (QED) is 0.329. The van der Waals surface area contributed by atoms with E-state index in [2.05, 4.69) is 15.0 Å². The molecule has 0 bridgehead atoms. The van der Waals surface area contributed by atoms with Gasteiger partial charge in [-0.2, -0.15) is 0 Å². The van der Waals surface area contributed by atoms with Gasteiger partial charge in [0, 0.05) is 24.6 Å². The van der Waals surface area contributed by atoms with E-state index in [1.54, 1.807) is 37.1 Å². The highest BCUT2D eigenvalue weighted by Gasteiger charge is 2.25. The van der Waals surface area contributed by atoms with Crippen molar-refractivity contribution in [2.75, 3.05) is 38.8 Å². The van der Waals surface area contributed by atoms with Gasteiger partial charge in [0.25, 0.3) is 0 Å². The maximum Gasteiger partial charge on any atom is 0.343 e. The summed E-state index contributed by atoms with van der Waals surface area (Å²) in [5.74, 6) is 1.16. The van der Waals surface area contributed by atoms with E-state index in [-0.39, 0.29) is 30.7 Å². The monoisotopic (exact) mass is 481 g/mol. The summed E-state index contributed by atoms with van der Waals surface area (Å²) >= 11 is 0. The Kier molecular flexibility index (Phi) is 9.95. The van der Waals surface area contributed by atoms with Gasteiger partial charge in [-0.3, -0.25) is 25.5 Å². The van der Waals surface area contributed by atoms with Crippen LogP contribution in [0.2, 0.25) is 0 Å². The van der Waals surface area contributed by atoms with Gasteiger partial charge in [-0.05, 0) is 56.3 Å². The number of esters is 1. The second-order valence-electron chi connectivity index (χ2n) is 7.39. The van der Waals surface area contributed by atoms with Crippen LogP contribution < -0.4 is 19.7 Å². The first kappa shape index (κ1) is 27.0. The van der Waals surface area contributed by atoms with Gasteiger partial charge in [0.05, 0.1) is 32.2 Å². The van der Waals surface area contributed by atoms with E-state index in [9.17, 15) is 9.59 Å². The summed E-state index contributed by atoms with van der Waals surface area (Å²) in [6.07, 6.45) is 0. The average molecular weight is 482 g/mol. The molecule has 0 saturated carbocycles. The van der Waals surface area contributed by atoms with Gasteiger partial charge >= 0.3 is 5.97 Å². The lowest BCUT2D eigenvalue weighted by Gasteiger charge is -2.24. The van der Waals surface area contributed by atoms with Crippen LogP contribution in [0.25, 0.3) is 0 Å². The van der Waals surface area contributed by atoms with Crippen molar-refractivity contribution in [3.63, 3.8) is 0 Å². The van der Waals surface area contributed by atoms with Gasteiger partial charge in [0.15, 0.2) is 6.61 Å². The summed E-state index contributed by atoms with van der Waals surface area (Å²) in [7, 11) is 2.90. The molecule has 0 fully saturated rings. The van der Waals surface area contributed by atoms with Crippen molar-refractivity contribution < 1.29 is 23.8 Å². The predicted octanol–water partition coefficient (Wildman–Crippen LogP) is 3.02. The van der Waals surface area contributed by atoms with Crippen LogP contribution >= 0.6 is 0 Å². The molecule has 1 aliphatic heterocycles. The van der Waals surface area contributed by atoms with Gasteiger partial charge in [-0.25, -0.2) is 4.79 Å². The first-order chi connectivity index (χ1) is 16.7. The predicted molar refractivity (Wildman–Crippen MR) is 135 cm³/mol. The maximum absolute atomic E-state index is 11.4. The smallest absolute Gasteiger partial charge is 0.343 e. The number of benzodiazepines with no additional fused rings is 1. The standard InChI is InChI=1S/C21H22N4O4.C4H9NO/c1-13(22)25-18-9-8-16(29-12-20(26)28-3)10-17(18)21(24-11-19(25)23)14-4-6-15(27-2)7-5-14;1-3-5-4(2)6/h4-10,22-23H,11-12H2,1-3H3;3H2,1-2H3,(H,5,6). The van der Waals surface area contributed by atoms with Crippen molar-refractivity contribution >= 4 is 34.9 Å². The zero-order valence-corrected chi connectivity index (χ0v) is 20.6. The first-order valence-electron chi connectivity index (χ1n) is 10.9. The zero-order valence-electron chi connectivity index (χ0n) is 20.6. The van der Waals surface area contributed by atoms with Crippen molar-refractivity contribution in [1.82, 2.24) is 5.32 Å². The molecule has 1 amide bonds. The van der Waals surface area contributed by atoms with E-state index >= 15 is 0 Å². The molecule has 0 saturated heterocycles. The van der Waals surface area contributed by atoms with Crippen LogP contribution in [0.5, 0.6) is 11.5 Å². The number of hydrogen-bond donors (Lipinski definition) is 3. The molecular weight excluding hydrogens is 450 g/mol. The van der Waals surface area contributed by atoms with Gasteiger partial charge in [-0.1, -0.05) is 0 Å². The molecule has 0 atom stereocenters. The molecule has 0 unspecified atom stereocenters. The van der Waals surface area contributed by atoms with Crippen molar-refractivity contribution in [1.29, 1.82) is 10.8 Å². The van der Waals surface area contributed by atoms with Crippen LogP contribution in [-0.2, 0) is 14.3 Å². The van der Waals surface area contributed by atoms with Crippen molar-refractivity contribution in [2.45, 2.75) is 20.8 Å². The molecular formula is C25H31N5O5. The SMILES string of the molecule is CCNC(C)=O.COC(=O)COc1ccc2c(c1)C(c1ccc(OC)cc1)=NCC(=N)N2C(C)=N. The van der Waals surface area contributed by atoms with E-state index in [4.69, 9.17) is 20.3 Å². The van der Waals surface area contributed by atoms with Gasteiger partial charge in [0.2, 0.25) is 5.91 Å². The number of carbonyl (C=O) groups is 2. The van der Waals surface area contributed by atoms with E-state index in [1.165, 1.54) is 14.0 Å². The molecule has 0 radical (unpaired) electrons. The molecule has 3 rings (SSSR count). The largest absolute Gasteiger partial charge is 0.497 e. The number of hydrogen-bond acceptors (Lipinski definition) is 8. The van der Waals surface area contributed by atoms with Crippen LogP contribution in [0.3, 0.4) is 0 Å². The number of carbonyl (C=O) groups excluding carboxylic acids is 2. The molecule has 186 valence electrons. The van der Waals surface area contributed by atoms with Crippen LogP contribution in [-0.4, -0.2) is 63.2 Å². The number of benzene rings is 2. The Balaban J connectivity index is 0.000000641. The first-order valence-corrected chi connectivity index (χ1v) is 10.9. The fourth-order valence-electron chi connectivity index (χ4n) is 3.27. The fourth-order valence-corrected chi connectivity index (χ4v) is 3.27. The van der Waals surface area contributed by atoms with Crippen molar-refractivity contribution in [3.05, 3.63) is 53.6 Å². The molecule has 10 heteroatoms. The Hall–Kier alpha value is -4.21. The Morgan fingerprint density at radius 1 is 1.09 bits per heavy atom. The highest BCUT2D eigenvalue weighted by Crippen LogP contribution is 2.31. The normalized spacial score (nSPS) is 12.2. The van der Waals surface area contributed by atoms with Gasteiger partial charge in [-0.15, -0.1) is 0 Å². The van der Waals surface area contributed by atoms with Crippen molar-refractivity contribution in [3.8, 4) is 11.5 Å². The highest BCUT2D eigenvalue weighted by atomic mass is 16.6. The summed E-state index contributed by atoms with van der Waals surface area (Å²) in [5.41, 5.74) is 2.86. The zero-order chi connectivity index (χ0) is 26.0. The molecule has 1 heterocycles. The molecule has 1 aliphatic rings. The average Bonchev–Trinajstić information content (AvgIpc) is 2.98. The summed E-state index contributed by atoms with van der Waals surface area (Å²) in [6, 6.07) is 12.7. The summed E-state index contributed by atoms with van der Waals surface area (Å²) in [4.78, 5) is 27.5. The minimum Gasteiger partial charge on any atom is -0.497 e. The fraction of sp³-hybridized carbons (Fsp3) is 0.320. The molecule has 10 nitrogen and oxygen atoms in total. The minimum atomic E-state index is -0.484. The lowest BCUT2D eigenvalue weighted by molar-refractivity contribution is -0.142. The number of amidine groups is 2. The minimum absolute atomic E-state index is 0.0394. The third-order valence-corrected chi connectivity index (χ3v) is 4.83. The second-order valence-corrected chi connectivity index (χ2v) is 7.39. The summed E-state index contributed by atoms with van der Waals surface area (Å²) in [5, 5.41) is 19.0. The summed E-state index contributed by atoms with van der Waals surface area (Å²) < 4.78 is 15.4. The Morgan fingerprint density at radius 2 is 1.74 bits per heavy atom. The van der Waals surface area contributed by atoms with Gasteiger partial charge in [0.1, 0.15) is 23.2 Å². The van der Waals surface area contributed by atoms with E-state index in [1.807, 2.05) is 31.2 Å². The summed E-state index contributed by atoms with van der Waals surface area (Å²) in [6.45, 7) is 5.66. The number of nitrogens with zero attached hydrogens (tertiary/aromatic N) is 2. The maximum atomic E-state index is 11.4. The number of rotatable bonds is 6.